The SMILES string of the molecule is COCC(NC(=O)OC)C(=O)OC. The lowest BCUT2D eigenvalue weighted by Gasteiger charge is -2.13. The highest BCUT2D eigenvalue weighted by molar-refractivity contribution is 5.81. The minimum absolute atomic E-state index is 0.0434. The van der Waals surface area contributed by atoms with Gasteiger partial charge in [-0.15, -0.1) is 0 Å². The smallest absolute Gasteiger partial charge is 0.407 e. The van der Waals surface area contributed by atoms with Crippen molar-refractivity contribution in [3.63, 3.8) is 0 Å². The van der Waals surface area contributed by atoms with E-state index in [4.69, 9.17) is 4.74 Å². The van der Waals surface area contributed by atoms with Crippen LogP contribution in [0.5, 0.6) is 0 Å². The second-order valence-corrected chi connectivity index (χ2v) is 2.17. The molecular weight excluding hydrogens is 178 g/mol. The molecule has 0 aromatic heterocycles. The molecule has 1 atom stereocenters. The summed E-state index contributed by atoms with van der Waals surface area (Å²) in [6.07, 6.45) is -0.701. The normalized spacial score (nSPS) is 11.6. The number of nitrogens with one attached hydrogen (secondary N) is 1. The number of ether oxygens (including phenoxy) is 3. The van der Waals surface area contributed by atoms with Crippen molar-refractivity contribution >= 4 is 12.1 Å². The molecule has 76 valence electrons. The van der Waals surface area contributed by atoms with Crippen LogP contribution in [0.4, 0.5) is 4.79 Å². The lowest BCUT2D eigenvalue weighted by atomic mass is 10.3. The van der Waals surface area contributed by atoms with Gasteiger partial charge in [-0.1, -0.05) is 0 Å². The van der Waals surface area contributed by atoms with Gasteiger partial charge < -0.3 is 19.5 Å². The second kappa shape index (κ2) is 6.24. The van der Waals surface area contributed by atoms with Gasteiger partial charge in [0.05, 0.1) is 20.8 Å². The van der Waals surface area contributed by atoms with Crippen LogP contribution in [0.3, 0.4) is 0 Å². The zero-order valence-corrected chi connectivity index (χ0v) is 7.83. The summed E-state index contributed by atoms with van der Waals surface area (Å²) >= 11 is 0. The summed E-state index contributed by atoms with van der Waals surface area (Å²) in [5.41, 5.74) is 0. The molecule has 1 unspecified atom stereocenters. The van der Waals surface area contributed by atoms with Gasteiger partial charge in [0.15, 0.2) is 6.04 Å². The number of alkyl carbamates (subject to hydrolysis) is 1. The molecule has 6 nitrogen and oxygen atoms in total. The van der Waals surface area contributed by atoms with Crippen LogP contribution in [0.1, 0.15) is 0 Å². The van der Waals surface area contributed by atoms with Crippen LogP contribution < -0.4 is 5.32 Å². The standard InChI is InChI=1S/C7H13NO5/c1-11-4-5(6(9)12-2)8-7(10)13-3/h5H,4H2,1-3H3,(H,8,10). The number of carbonyl (C=O) groups excluding carboxylic acids is 2. The maximum absolute atomic E-state index is 11.0. The molecule has 1 amide bonds. The fourth-order valence-corrected chi connectivity index (χ4v) is 0.679. The van der Waals surface area contributed by atoms with E-state index in [0.29, 0.717) is 0 Å². The monoisotopic (exact) mass is 191 g/mol. The molecule has 0 aliphatic heterocycles. The van der Waals surface area contributed by atoms with Crippen molar-refractivity contribution < 1.29 is 23.8 Å². The number of carbonyl (C=O) groups is 2. The van der Waals surface area contributed by atoms with Gasteiger partial charge in [0.2, 0.25) is 0 Å². The topological polar surface area (TPSA) is 73.9 Å². The average molecular weight is 191 g/mol. The van der Waals surface area contributed by atoms with Crippen LogP contribution in [0, 0.1) is 0 Å². The van der Waals surface area contributed by atoms with E-state index in [1.807, 2.05) is 0 Å². The maximum atomic E-state index is 11.0. The molecule has 6 heteroatoms. The molecular formula is C7H13NO5. The minimum Gasteiger partial charge on any atom is -0.467 e. The van der Waals surface area contributed by atoms with Gasteiger partial charge in [-0.05, 0) is 0 Å². The van der Waals surface area contributed by atoms with Gasteiger partial charge in [-0.25, -0.2) is 9.59 Å². The summed E-state index contributed by atoms with van der Waals surface area (Å²) in [7, 11) is 3.84. The molecule has 0 fully saturated rings. The minimum atomic E-state index is -0.831. The van der Waals surface area contributed by atoms with Crippen LogP contribution in [0.15, 0.2) is 0 Å². The van der Waals surface area contributed by atoms with Crippen LogP contribution in [-0.2, 0) is 19.0 Å². The molecule has 0 aromatic carbocycles. The zero-order valence-electron chi connectivity index (χ0n) is 7.83. The Balaban J connectivity index is 4.08. The Kier molecular flexibility index (Phi) is 5.62. The summed E-state index contributed by atoms with van der Waals surface area (Å²) < 4.78 is 13.4. The predicted octanol–water partition coefficient (Wildman–Crippen LogP) is -0.470. The quantitative estimate of drug-likeness (QED) is 0.608. The van der Waals surface area contributed by atoms with Gasteiger partial charge in [-0.3, -0.25) is 0 Å². The molecule has 0 bridgehead atoms. The van der Waals surface area contributed by atoms with Crippen LogP contribution in [-0.4, -0.2) is 46.0 Å². The zero-order chi connectivity index (χ0) is 10.3. The van der Waals surface area contributed by atoms with Crippen molar-refractivity contribution in [2.45, 2.75) is 6.04 Å². The molecule has 1 N–H and O–H groups in total. The summed E-state index contributed by atoms with van der Waals surface area (Å²) in [6.45, 7) is 0.0434. The number of methoxy groups -OCH3 is 3. The van der Waals surface area contributed by atoms with Gasteiger partial charge in [0.25, 0.3) is 0 Å². The van der Waals surface area contributed by atoms with Crippen LogP contribution >= 0.6 is 0 Å². The fraction of sp³-hybridized carbons (Fsp3) is 0.714. The fourth-order valence-electron chi connectivity index (χ4n) is 0.679. The van der Waals surface area contributed by atoms with Gasteiger partial charge in [0.1, 0.15) is 0 Å². The van der Waals surface area contributed by atoms with Crippen molar-refractivity contribution in [2.75, 3.05) is 27.9 Å². The predicted molar refractivity (Wildman–Crippen MR) is 43.2 cm³/mol. The van der Waals surface area contributed by atoms with E-state index < -0.39 is 18.1 Å². The van der Waals surface area contributed by atoms with Crippen molar-refractivity contribution in [1.82, 2.24) is 5.32 Å². The lowest BCUT2D eigenvalue weighted by Crippen LogP contribution is -2.44. The Morgan fingerprint density at radius 3 is 2.23 bits per heavy atom. The van der Waals surface area contributed by atoms with E-state index in [2.05, 4.69) is 14.8 Å². The van der Waals surface area contributed by atoms with E-state index >= 15 is 0 Å². The van der Waals surface area contributed by atoms with Crippen molar-refractivity contribution in [2.24, 2.45) is 0 Å². The third-order valence-electron chi connectivity index (χ3n) is 1.30. The summed E-state index contributed by atoms with van der Waals surface area (Å²) in [4.78, 5) is 21.7. The molecule has 0 aliphatic carbocycles. The summed E-state index contributed by atoms with van der Waals surface area (Å²) in [5.74, 6) is -0.577. The molecule has 0 saturated heterocycles. The first kappa shape index (κ1) is 11.7. The highest BCUT2D eigenvalue weighted by Gasteiger charge is 2.21. The third kappa shape index (κ3) is 4.32. The van der Waals surface area contributed by atoms with Crippen LogP contribution in [0.25, 0.3) is 0 Å². The number of amides is 1. The summed E-state index contributed by atoms with van der Waals surface area (Å²) in [5, 5.41) is 2.26. The van der Waals surface area contributed by atoms with Gasteiger partial charge in [-0.2, -0.15) is 0 Å². The Bertz CT molecular complexity index is 182. The molecule has 0 aliphatic rings. The third-order valence-corrected chi connectivity index (χ3v) is 1.30. The van der Waals surface area contributed by atoms with Crippen LogP contribution in [0.2, 0.25) is 0 Å². The molecule has 0 rings (SSSR count). The van der Waals surface area contributed by atoms with E-state index in [1.54, 1.807) is 0 Å². The van der Waals surface area contributed by atoms with Crippen molar-refractivity contribution in [3.05, 3.63) is 0 Å². The first-order valence-corrected chi connectivity index (χ1v) is 3.57. The number of hydrogen-bond acceptors (Lipinski definition) is 5. The molecule has 0 spiro atoms. The molecule has 0 aromatic rings. The molecule has 13 heavy (non-hydrogen) atoms. The van der Waals surface area contributed by atoms with E-state index in [-0.39, 0.29) is 6.61 Å². The molecule has 0 heterocycles. The Hall–Kier alpha value is -1.30. The van der Waals surface area contributed by atoms with Gasteiger partial charge >= 0.3 is 12.1 Å². The average Bonchev–Trinajstić information content (AvgIpc) is 2.15. The largest absolute Gasteiger partial charge is 0.467 e. The lowest BCUT2D eigenvalue weighted by molar-refractivity contribution is -0.144. The summed E-state index contributed by atoms with van der Waals surface area (Å²) in [6, 6.07) is -0.831. The number of hydrogen-bond donors (Lipinski definition) is 1. The Morgan fingerprint density at radius 1 is 1.23 bits per heavy atom. The maximum Gasteiger partial charge on any atom is 0.407 e. The number of rotatable bonds is 4. The first-order chi connectivity index (χ1) is 6.15. The highest BCUT2D eigenvalue weighted by Crippen LogP contribution is 1.90. The molecule has 0 radical (unpaired) electrons. The highest BCUT2D eigenvalue weighted by atomic mass is 16.5. The van der Waals surface area contributed by atoms with Crippen molar-refractivity contribution in [3.8, 4) is 0 Å². The second-order valence-electron chi connectivity index (χ2n) is 2.17. The Labute approximate surface area is 76.1 Å². The van der Waals surface area contributed by atoms with E-state index in [9.17, 15) is 9.59 Å². The number of esters is 1. The van der Waals surface area contributed by atoms with E-state index in [0.717, 1.165) is 0 Å². The Morgan fingerprint density at radius 2 is 1.85 bits per heavy atom. The first-order valence-electron chi connectivity index (χ1n) is 3.57. The van der Waals surface area contributed by atoms with Crippen molar-refractivity contribution in [1.29, 1.82) is 0 Å². The van der Waals surface area contributed by atoms with Gasteiger partial charge in [0, 0.05) is 7.11 Å². The van der Waals surface area contributed by atoms with E-state index in [1.165, 1.54) is 21.3 Å². The molecule has 0 saturated carbocycles.